The van der Waals surface area contributed by atoms with E-state index in [9.17, 15) is 13.6 Å². The lowest BCUT2D eigenvalue weighted by Crippen LogP contribution is -2.24. The third-order valence-electron chi connectivity index (χ3n) is 1.78. The van der Waals surface area contributed by atoms with E-state index in [1.54, 1.807) is 6.92 Å². The summed E-state index contributed by atoms with van der Waals surface area (Å²) in [5.74, 6) is -1.96. The first kappa shape index (κ1) is 13.1. The van der Waals surface area contributed by atoms with Crippen molar-refractivity contribution in [2.45, 2.75) is 19.4 Å². The van der Waals surface area contributed by atoms with Crippen LogP contribution in [-0.4, -0.2) is 11.9 Å². The number of hydrogen-bond acceptors (Lipinski definition) is 2. The molecule has 1 aromatic rings. The Labute approximate surface area is 100 Å². The number of nitrogens with two attached hydrogens (primary N) is 1. The summed E-state index contributed by atoms with van der Waals surface area (Å²) in [6, 6.07) is 1.46. The molecule has 0 saturated heterocycles. The molecule has 88 valence electrons. The van der Waals surface area contributed by atoms with Gasteiger partial charge in [0.2, 0.25) is 5.91 Å². The van der Waals surface area contributed by atoms with Crippen molar-refractivity contribution >= 4 is 27.5 Å². The van der Waals surface area contributed by atoms with E-state index in [2.05, 4.69) is 21.2 Å². The molecular weight excluding hydrogens is 282 g/mol. The van der Waals surface area contributed by atoms with Gasteiger partial charge < -0.3 is 11.1 Å². The maximum absolute atomic E-state index is 13.3. The molecule has 0 fully saturated rings. The van der Waals surface area contributed by atoms with Crippen molar-refractivity contribution in [1.29, 1.82) is 0 Å². The smallest absolute Gasteiger partial charge is 0.226 e. The van der Waals surface area contributed by atoms with Crippen molar-refractivity contribution in [2.24, 2.45) is 5.73 Å². The van der Waals surface area contributed by atoms with Crippen molar-refractivity contribution in [3.63, 3.8) is 0 Å². The molecule has 0 aliphatic rings. The van der Waals surface area contributed by atoms with Gasteiger partial charge in [0.1, 0.15) is 5.82 Å². The highest BCUT2D eigenvalue weighted by molar-refractivity contribution is 9.10. The fourth-order valence-electron chi connectivity index (χ4n) is 1.14. The summed E-state index contributed by atoms with van der Waals surface area (Å²) in [6.07, 6.45) is 0.0727. The minimum atomic E-state index is -0.829. The van der Waals surface area contributed by atoms with Crippen molar-refractivity contribution in [2.75, 3.05) is 5.32 Å². The molecule has 0 aliphatic heterocycles. The van der Waals surface area contributed by atoms with Crippen molar-refractivity contribution in [3.8, 4) is 0 Å². The summed E-state index contributed by atoms with van der Waals surface area (Å²) < 4.78 is 26.2. The van der Waals surface area contributed by atoms with Crippen LogP contribution in [-0.2, 0) is 4.79 Å². The first-order chi connectivity index (χ1) is 7.40. The van der Waals surface area contributed by atoms with E-state index in [-0.39, 0.29) is 22.6 Å². The molecule has 6 heteroatoms. The van der Waals surface area contributed by atoms with E-state index in [1.807, 2.05) is 0 Å². The predicted molar refractivity (Wildman–Crippen MR) is 61.0 cm³/mol. The Morgan fingerprint density at radius 2 is 2.19 bits per heavy atom. The third kappa shape index (κ3) is 3.53. The van der Waals surface area contributed by atoms with Crippen LogP contribution in [0.2, 0.25) is 0 Å². The molecule has 3 N–H and O–H groups in total. The van der Waals surface area contributed by atoms with Crippen LogP contribution in [0.3, 0.4) is 0 Å². The van der Waals surface area contributed by atoms with Gasteiger partial charge in [0.05, 0.1) is 5.69 Å². The van der Waals surface area contributed by atoms with Crippen LogP contribution in [0.25, 0.3) is 0 Å². The molecule has 1 amide bonds. The number of nitrogens with one attached hydrogen (secondary N) is 1. The van der Waals surface area contributed by atoms with Crippen molar-refractivity contribution in [1.82, 2.24) is 0 Å². The SMILES string of the molecule is CC(N)CC(=O)Nc1c(F)cc(F)cc1Br. The number of amides is 1. The van der Waals surface area contributed by atoms with Crippen LogP contribution in [0.15, 0.2) is 16.6 Å². The molecule has 0 aromatic heterocycles. The molecule has 0 bridgehead atoms. The van der Waals surface area contributed by atoms with Crippen LogP contribution in [0, 0.1) is 11.6 Å². The van der Waals surface area contributed by atoms with Gasteiger partial charge >= 0.3 is 0 Å². The normalized spacial score (nSPS) is 12.3. The molecule has 0 aliphatic carbocycles. The summed E-state index contributed by atoms with van der Waals surface area (Å²) in [4.78, 5) is 11.3. The lowest BCUT2D eigenvalue weighted by atomic mass is 10.2. The third-order valence-corrected chi connectivity index (χ3v) is 2.40. The Morgan fingerprint density at radius 3 is 2.69 bits per heavy atom. The van der Waals surface area contributed by atoms with Crippen LogP contribution in [0.5, 0.6) is 0 Å². The molecule has 16 heavy (non-hydrogen) atoms. The molecule has 1 unspecified atom stereocenters. The summed E-state index contributed by atoms with van der Waals surface area (Å²) >= 11 is 2.97. The van der Waals surface area contributed by atoms with Crippen molar-refractivity contribution < 1.29 is 13.6 Å². The zero-order valence-corrected chi connectivity index (χ0v) is 10.1. The number of halogens is 3. The second-order valence-corrected chi connectivity index (χ2v) is 4.33. The minimum Gasteiger partial charge on any atom is -0.327 e. The van der Waals surface area contributed by atoms with Gasteiger partial charge in [-0.15, -0.1) is 0 Å². The van der Waals surface area contributed by atoms with Crippen LogP contribution in [0.1, 0.15) is 13.3 Å². The van der Waals surface area contributed by atoms with E-state index >= 15 is 0 Å². The lowest BCUT2D eigenvalue weighted by molar-refractivity contribution is -0.116. The zero-order valence-electron chi connectivity index (χ0n) is 8.56. The quantitative estimate of drug-likeness (QED) is 0.899. The lowest BCUT2D eigenvalue weighted by Gasteiger charge is -2.10. The van der Waals surface area contributed by atoms with Gasteiger partial charge in [-0.05, 0) is 28.9 Å². The standard InChI is InChI=1S/C10H11BrF2N2O/c1-5(14)2-9(16)15-10-7(11)3-6(12)4-8(10)13/h3-5H,2,14H2,1H3,(H,15,16). The molecule has 1 atom stereocenters. The molecule has 0 heterocycles. The molecule has 0 radical (unpaired) electrons. The molecule has 0 saturated carbocycles. The average molecular weight is 293 g/mol. The summed E-state index contributed by atoms with van der Waals surface area (Å²) in [5.41, 5.74) is 5.34. The fourth-order valence-corrected chi connectivity index (χ4v) is 1.65. The highest BCUT2D eigenvalue weighted by Crippen LogP contribution is 2.26. The van der Waals surface area contributed by atoms with E-state index in [1.165, 1.54) is 0 Å². The summed E-state index contributed by atoms with van der Waals surface area (Å²) in [5, 5.41) is 2.33. The maximum atomic E-state index is 13.3. The number of benzene rings is 1. The van der Waals surface area contributed by atoms with E-state index in [0.29, 0.717) is 6.07 Å². The first-order valence-corrected chi connectivity index (χ1v) is 5.39. The van der Waals surface area contributed by atoms with E-state index in [0.717, 1.165) is 6.07 Å². The summed E-state index contributed by atoms with van der Waals surface area (Å²) in [6.45, 7) is 1.66. The van der Waals surface area contributed by atoms with Gasteiger partial charge in [-0.2, -0.15) is 0 Å². The van der Waals surface area contributed by atoms with Gasteiger partial charge in [-0.25, -0.2) is 8.78 Å². The van der Waals surface area contributed by atoms with E-state index in [4.69, 9.17) is 5.73 Å². The van der Waals surface area contributed by atoms with Gasteiger partial charge in [-0.3, -0.25) is 4.79 Å². The highest BCUT2D eigenvalue weighted by Gasteiger charge is 2.13. The summed E-state index contributed by atoms with van der Waals surface area (Å²) in [7, 11) is 0. The number of hydrogen-bond donors (Lipinski definition) is 2. The highest BCUT2D eigenvalue weighted by atomic mass is 79.9. The van der Waals surface area contributed by atoms with E-state index < -0.39 is 17.5 Å². The predicted octanol–water partition coefficient (Wildman–Crippen LogP) is 2.40. The Morgan fingerprint density at radius 1 is 1.56 bits per heavy atom. The monoisotopic (exact) mass is 292 g/mol. The second kappa shape index (κ2) is 5.36. The van der Waals surface area contributed by atoms with Gasteiger partial charge in [0, 0.05) is 23.0 Å². The van der Waals surface area contributed by atoms with Crippen LogP contribution < -0.4 is 11.1 Å². The maximum Gasteiger partial charge on any atom is 0.226 e. The fraction of sp³-hybridized carbons (Fsp3) is 0.300. The average Bonchev–Trinajstić information content (AvgIpc) is 2.09. The second-order valence-electron chi connectivity index (χ2n) is 3.47. The number of carbonyl (C=O) groups is 1. The Hall–Kier alpha value is -1.01. The molecule has 0 spiro atoms. The van der Waals surface area contributed by atoms with Gasteiger partial charge in [0.25, 0.3) is 0 Å². The minimum absolute atomic E-state index is 0.0727. The molecular formula is C10H11BrF2N2O. The Balaban J connectivity index is 2.85. The van der Waals surface area contributed by atoms with Crippen LogP contribution in [0.4, 0.5) is 14.5 Å². The van der Waals surface area contributed by atoms with Crippen LogP contribution >= 0.6 is 15.9 Å². The largest absolute Gasteiger partial charge is 0.327 e. The zero-order chi connectivity index (χ0) is 12.3. The van der Waals surface area contributed by atoms with Gasteiger partial charge in [-0.1, -0.05) is 0 Å². The molecule has 1 aromatic carbocycles. The molecule has 3 nitrogen and oxygen atoms in total. The van der Waals surface area contributed by atoms with Gasteiger partial charge in [0.15, 0.2) is 5.82 Å². The first-order valence-electron chi connectivity index (χ1n) is 4.60. The number of carbonyl (C=O) groups excluding carboxylic acids is 1. The Bertz CT molecular complexity index is 387. The Kier molecular flexibility index (Phi) is 4.37. The van der Waals surface area contributed by atoms with Crippen molar-refractivity contribution in [3.05, 3.63) is 28.2 Å². The number of anilines is 1. The number of rotatable bonds is 3. The topological polar surface area (TPSA) is 55.1 Å². The molecule has 1 rings (SSSR count).